The first-order valence-electron chi connectivity index (χ1n) is 12.2. The van der Waals surface area contributed by atoms with Crippen molar-refractivity contribution in [2.45, 2.75) is 51.5 Å². The molecular formula is C27H26ClF3N4O2. The van der Waals surface area contributed by atoms with Gasteiger partial charge < -0.3 is 15.0 Å². The number of allylic oxidation sites excluding steroid dienone is 4. The van der Waals surface area contributed by atoms with E-state index in [-0.39, 0.29) is 30.2 Å². The number of rotatable bonds is 4. The van der Waals surface area contributed by atoms with Crippen molar-refractivity contribution in [3.05, 3.63) is 87.6 Å². The van der Waals surface area contributed by atoms with Gasteiger partial charge in [0.05, 0.1) is 36.9 Å². The summed E-state index contributed by atoms with van der Waals surface area (Å²) in [5.74, 6) is 0.869. The van der Waals surface area contributed by atoms with Crippen LogP contribution in [0.1, 0.15) is 54.6 Å². The van der Waals surface area contributed by atoms with Crippen molar-refractivity contribution >= 4 is 23.3 Å². The van der Waals surface area contributed by atoms with Gasteiger partial charge >= 0.3 is 6.18 Å². The molecule has 10 heteroatoms. The molecule has 1 aliphatic carbocycles. The van der Waals surface area contributed by atoms with Crippen LogP contribution in [0.2, 0.25) is 5.28 Å². The van der Waals surface area contributed by atoms with Crippen LogP contribution in [0.3, 0.4) is 0 Å². The van der Waals surface area contributed by atoms with Crippen molar-refractivity contribution in [2.24, 2.45) is 5.92 Å². The summed E-state index contributed by atoms with van der Waals surface area (Å²) in [6.07, 6.45) is 5.48. The Morgan fingerprint density at radius 1 is 1.24 bits per heavy atom. The number of hydrogen-bond donors (Lipinski definition) is 1. The molecule has 1 unspecified atom stereocenters. The lowest BCUT2D eigenvalue weighted by Gasteiger charge is -2.24. The molecule has 0 saturated heterocycles. The summed E-state index contributed by atoms with van der Waals surface area (Å²) in [6.45, 7) is 2.89. The van der Waals surface area contributed by atoms with Crippen LogP contribution in [-0.2, 0) is 28.8 Å². The van der Waals surface area contributed by atoms with Crippen LogP contribution < -0.4 is 5.32 Å². The number of ether oxygens (including phenoxy) is 1. The van der Waals surface area contributed by atoms with Gasteiger partial charge in [0.1, 0.15) is 11.6 Å². The first-order chi connectivity index (χ1) is 17.7. The standard InChI is InChI=1S/C27H26ClF3N4O2/c1-16(17-7-5-8-18(13-17)27(29,30)31)32-24-21-14-35(15-22(21)33-26(28)34-24)25(36)20-10-6-12-37-23-11-4-2-3-9-19(20)23/h2-5,7-8,11,13,16,20H,6,9-10,12,14-15H2,1H3,(H,32,33,34)/t16-,20?/m1/s1. The predicted molar refractivity (Wildman–Crippen MR) is 133 cm³/mol. The van der Waals surface area contributed by atoms with Crippen molar-refractivity contribution in [3.8, 4) is 0 Å². The van der Waals surface area contributed by atoms with E-state index in [1.54, 1.807) is 17.9 Å². The lowest BCUT2D eigenvalue weighted by atomic mass is 9.90. The first kappa shape index (κ1) is 25.3. The minimum absolute atomic E-state index is 0.00676. The second-order valence-corrected chi connectivity index (χ2v) is 9.71. The number of anilines is 1. The zero-order valence-corrected chi connectivity index (χ0v) is 20.9. The monoisotopic (exact) mass is 530 g/mol. The van der Waals surface area contributed by atoms with Gasteiger partial charge in [-0.05, 0) is 67.1 Å². The molecule has 5 rings (SSSR count). The minimum Gasteiger partial charge on any atom is -0.494 e. The number of carbonyl (C=O) groups is 1. The van der Waals surface area contributed by atoms with Gasteiger partial charge in [0.2, 0.25) is 11.2 Å². The largest absolute Gasteiger partial charge is 0.494 e. The zero-order valence-electron chi connectivity index (χ0n) is 20.2. The number of aromatic nitrogens is 2. The van der Waals surface area contributed by atoms with E-state index < -0.39 is 17.8 Å². The number of hydrogen-bond acceptors (Lipinski definition) is 5. The lowest BCUT2D eigenvalue weighted by Crippen LogP contribution is -2.33. The Hall–Kier alpha value is -3.33. The molecule has 0 saturated carbocycles. The van der Waals surface area contributed by atoms with Crippen molar-refractivity contribution in [1.29, 1.82) is 0 Å². The van der Waals surface area contributed by atoms with E-state index in [0.29, 0.717) is 36.5 Å². The van der Waals surface area contributed by atoms with Crippen molar-refractivity contribution in [2.75, 3.05) is 11.9 Å². The number of nitrogens with zero attached hydrogens (tertiary/aromatic N) is 3. The van der Waals surface area contributed by atoms with Gasteiger partial charge in [-0.3, -0.25) is 4.79 Å². The van der Waals surface area contributed by atoms with Crippen molar-refractivity contribution in [3.63, 3.8) is 0 Å². The minimum atomic E-state index is -4.43. The predicted octanol–water partition coefficient (Wildman–Crippen LogP) is 6.36. The summed E-state index contributed by atoms with van der Waals surface area (Å²) >= 11 is 6.20. The van der Waals surface area contributed by atoms with Crippen molar-refractivity contribution < 1.29 is 22.7 Å². The van der Waals surface area contributed by atoms with Gasteiger partial charge in [-0.2, -0.15) is 13.2 Å². The molecule has 1 N–H and O–H groups in total. The molecule has 6 nitrogen and oxygen atoms in total. The van der Waals surface area contributed by atoms with E-state index in [0.717, 1.165) is 35.4 Å². The Morgan fingerprint density at radius 2 is 2.08 bits per heavy atom. The van der Waals surface area contributed by atoms with Gasteiger partial charge in [0.15, 0.2) is 0 Å². The molecule has 37 heavy (non-hydrogen) atoms. The highest BCUT2D eigenvalue weighted by Crippen LogP contribution is 2.37. The maximum Gasteiger partial charge on any atom is 0.416 e. The van der Waals surface area contributed by atoms with Crippen LogP contribution in [0.5, 0.6) is 0 Å². The molecule has 2 atom stereocenters. The summed E-state index contributed by atoms with van der Waals surface area (Å²) < 4.78 is 45.5. The van der Waals surface area contributed by atoms with Gasteiger partial charge in [-0.25, -0.2) is 9.97 Å². The lowest BCUT2D eigenvalue weighted by molar-refractivity contribution is -0.137. The fraction of sp³-hybridized carbons (Fsp3) is 0.370. The Kier molecular flexibility index (Phi) is 6.98. The first-order valence-corrected chi connectivity index (χ1v) is 12.6. The number of halogens is 4. The molecular weight excluding hydrogens is 505 g/mol. The van der Waals surface area contributed by atoms with Gasteiger partial charge in [-0.1, -0.05) is 30.4 Å². The molecule has 0 fully saturated rings. The van der Waals surface area contributed by atoms with Crippen LogP contribution in [-0.4, -0.2) is 27.4 Å². The van der Waals surface area contributed by atoms with Crippen LogP contribution in [0.4, 0.5) is 19.0 Å². The molecule has 0 spiro atoms. The second-order valence-electron chi connectivity index (χ2n) is 9.37. The average molecular weight is 531 g/mol. The zero-order chi connectivity index (χ0) is 26.2. The molecule has 0 radical (unpaired) electrons. The number of fused-ring (bicyclic) bond motifs is 1. The van der Waals surface area contributed by atoms with Gasteiger partial charge in [0, 0.05) is 11.6 Å². The number of nitrogens with one attached hydrogen (secondary N) is 1. The Bertz CT molecular complexity index is 1310. The molecule has 2 aromatic rings. The topological polar surface area (TPSA) is 67.4 Å². The SMILES string of the molecule is C[C@@H](Nc1nc(Cl)nc2c1CN(C(=O)C1CCCOC3=C1CC=CC=C3)C2)c1cccc(C(F)(F)F)c1. The summed E-state index contributed by atoms with van der Waals surface area (Å²) in [7, 11) is 0. The third-order valence-corrected chi connectivity index (χ3v) is 7.07. The van der Waals surface area contributed by atoms with Crippen LogP contribution in [0.25, 0.3) is 0 Å². The maximum atomic E-state index is 13.7. The summed E-state index contributed by atoms with van der Waals surface area (Å²) in [5.41, 5.74) is 2.06. The Balaban J connectivity index is 1.38. The molecule has 0 bridgehead atoms. The molecule has 3 heterocycles. The third kappa shape index (κ3) is 5.37. The summed E-state index contributed by atoms with van der Waals surface area (Å²) in [5, 5.41) is 3.20. The van der Waals surface area contributed by atoms with Crippen LogP contribution >= 0.6 is 11.6 Å². The van der Waals surface area contributed by atoms with E-state index in [9.17, 15) is 18.0 Å². The number of carbonyl (C=O) groups excluding carboxylic acids is 1. The molecule has 3 aliphatic rings. The highest BCUT2D eigenvalue weighted by molar-refractivity contribution is 6.28. The average Bonchev–Trinajstić information content (AvgIpc) is 3.01. The molecule has 194 valence electrons. The Morgan fingerprint density at radius 3 is 2.89 bits per heavy atom. The number of alkyl halides is 3. The number of benzene rings is 1. The third-order valence-electron chi connectivity index (χ3n) is 6.90. The van der Waals surface area contributed by atoms with E-state index >= 15 is 0 Å². The molecule has 1 aromatic carbocycles. The van der Waals surface area contributed by atoms with Crippen LogP contribution in [0.15, 0.2) is 59.9 Å². The maximum absolute atomic E-state index is 13.7. The normalized spacial score (nSPS) is 20.0. The van der Waals surface area contributed by atoms with E-state index in [1.807, 2.05) is 24.3 Å². The molecule has 1 amide bonds. The summed E-state index contributed by atoms with van der Waals surface area (Å²) in [6, 6.07) is 4.68. The van der Waals surface area contributed by atoms with Gasteiger partial charge in [0.25, 0.3) is 0 Å². The fourth-order valence-electron chi connectivity index (χ4n) is 4.99. The van der Waals surface area contributed by atoms with E-state index in [1.165, 1.54) is 6.07 Å². The molecule has 1 aromatic heterocycles. The number of amides is 1. The van der Waals surface area contributed by atoms with E-state index in [4.69, 9.17) is 16.3 Å². The highest BCUT2D eigenvalue weighted by Gasteiger charge is 2.36. The second kappa shape index (κ2) is 10.2. The molecule has 2 aliphatic heterocycles. The Labute approximate surface area is 217 Å². The van der Waals surface area contributed by atoms with Crippen molar-refractivity contribution in [1.82, 2.24) is 14.9 Å². The smallest absolute Gasteiger partial charge is 0.416 e. The van der Waals surface area contributed by atoms with Gasteiger partial charge in [-0.15, -0.1) is 0 Å². The summed E-state index contributed by atoms with van der Waals surface area (Å²) in [4.78, 5) is 24.1. The quantitative estimate of drug-likeness (QED) is 0.466. The highest BCUT2D eigenvalue weighted by atomic mass is 35.5. The van der Waals surface area contributed by atoms with E-state index in [2.05, 4.69) is 15.3 Å². The fourth-order valence-corrected chi connectivity index (χ4v) is 5.17. The van der Waals surface area contributed by atoms with Crippen LogP contribution in [0, 0.1) is 5.92 Å².